The molecule has 3 aromatic rings. The Bertz CT molecular complexity index is 1200. The Morgan fingerprint density at radius 1 is 1.34 bits per heavy atom. The molecule has 4 rings (SSSR count). The standard InChI is InChI=1S/C20H19F2N5O4S/c1-3-31-16(17(23)28)20(25-12-6-9(18(29)30)4-5-14(12)27(20)2)26-19-24-13-7-10(21)11(22)8-15(13)32-19/h4-8,16,25H,3H2,1-2H3,(H2,23,28)(H,24,26)(H,29,30). The highest BCUT2D eigenvalue weighted by molar-refractivity contribution is 7.22. The van der Waals surface area contributed by atoms with Crippen LogP contribution in [0.15, 0.2) is 30.3 Å². The van der Waals surface area contributed by atoms with Gasteiger partial charge >= 0.3 is 5.97 Å². The van der Waals surface area contributed by atoms with Crippen molar-refractivity contribution < 1.29 is 28.2 Å². The summed E-state index contributed by atoms with van der Waals surface area (Å²) >= 11 is 1.04. The van der Waals surface area contributed by atoms with E-state index in [1.165, 1.54) is 12.1 Å². The van der Waals surface area contributed by atoms with Crippen LogP contribution in [0.4, 0.5) is 25.3 Å². The van der Waals surface area contributed by atoms with Crippen molar-refractivity contribution in [2.45, 2.75) is 18.8 Å². The Hall–Kier alpha value is -3.51. The SMILES string of the molecule is CCOC(C(N)=O)C1(Nc2nc3cc(F)c(F)cc3s2)Nc2cc(C(=O)O)ccc2N1C. The molecule has 0 bridgehead atoms. The molecule has 2 aromatic carbocycles. The number of carboxylic acids is 1. The number of primary amides is 1. The molecule has 32 heavy (non-hydrogen) atoms. The number of carboxylic acid groups (broad SMARTS) is 1. The van der Waals surface area contributed by atoms with Gasteiger partial charge in [0.1, 0.15) is 0 Å². The molecule has 2 unspecified atom stereocenters. The van der Waals surface area contributed by atoms with Crippen molar-refractivity contribution in [3.8, 4) is 0 Å². The lowest BCUT2D eigenvalue weighted by Crippen LogP contribution is -2.67. The van der Waals surface area contributed by atoms with Gasteiger partial charge in [0.05, 0.1) is 27.2 Å². The Kier molecular flexibility index (Phi) is 5.34. The second-order valence-corrected chi connectivity index (χ2v) is 8.13. The number of hydrogen-bond donors (Lipinski definition) is 4. The quantitative estimate of drug-likeness (QED) is 0.421. The third-order valence-electron chi connectivity index (χ3n) is 5.16. The van der Waals surface area contributed by atoms with Crippen molar-refractivity contribution in [1.29, 1.82) is 0 Å². The van der Waals surface area contributed by atoms with Crippen molar-refractivity contribution in [2.75, 3.05) is 29.2 Å². The Balaban J connectivity index is 1.82. The van der Waals surface area contributed by atoms with Crippen LogP contribution in [0, 0.1) is 11.6 Å². The highest BCUT2D eigenvalue weighted by Crippen LogP contribution is 2.43. The summed E-state index contributed by atoms with van der Waals surface area (Å²) in [7, 11) is 1.66. The lowest BCUT2D eigenvalue weighted by atomic mass is 10.1. The second kappa shape index (κ2) is 7.88. The van der Waals surface area contributed by atoms with Gasteiger partial charge in [-0.25, -0.2) is 18.6 Å². The minimum atomic E-state index is -1.49. The molecule has 1 amide bonds. The van der Waals surface area contributed by atoms with Gasteiger partial charge in [-0.1, -0.05) is 11.3 Å². The molecule has 168 valence electrons. The number of nitrogens with zero attached hydrogens (tertiary/aromatic N) is 2. The predicted molar refractivity (Wildman–Crippen MR) is 116 cm³/mol. The van der Waals surface area contributed by atoms with E-state index in [9.17, 15) is 23.5 Å². The van der Waals surface area contributed by atoms with Gasteiger partial charge in [0.2, 0.25) is 5.79 Å². The van der Waals surface area contributed by atoms with Gasteiger partial charge in [-0.2, -0.15) is 0 Å². The maximum Gasteiger partial charge on any atom is 0.335 e. The molecule has 0 saturated carbocycles. The van der Waals surface area contributed by atoms with Crippen molar-refractivity contribution in [3.05, 3.63) is 47.5 Å². The zero-order valence-electron chi connectivity index (χ0n) is 17.0. The molecule has 1 aromatic heterocycles. The molecule has 12 heteroatoms. The fraction of sp³-hybridized carbons (Fsp3) is 0.250. The van der Waals surface area contributed by atoms with Crippen molar-refractivity contribution in [2.24, 2.45) is 5.73 Å². The number of thiazole rings is 1. The van der Waals surface area contributed by atoms with Crippen LogP contribution in [0.1, 0.15) is 17.3 Å². The van der Waals surface area contributed by atoms with Gasteiger partial charge in [-0.3, -0.25) is 4.79 Å². The van der Waals surface area contributed by atoms with Crippen molar-refractivity contribution in [1.82, 2.24) is 4.98 Å². The molecule has 2 atom stereocenters. The molecule has 0 spiro atoms. The summed E-state index contributed by atoms with van der Waals surface area (Å²) in [4.78, 5) is 29.7. The first-order valence-electron chi connectivity index (χ1n) is 9.50. The number of fused-ring (bicyclic) bond motifs is 2. The molecular formula is C20H19F2N5O4S. The average Bonchev–Trinajstić information content (AvgIpc) is 3.23. The summed E-state index contributed by atoms with van der Waals surface area (Å²) in [5.41, 5.74) is 6.91. The highest BCUT2D eigenvalue weighted by Gasteiger charge is 2.52. The van der Waals surface area contributed by atoms with Gasteiger partial charge in [0, 0.05) is 19.7 Å². The normalized spacial score (nSPS) is 18.3. The molecule has 9 nitrogen and oxygen atoms in total. The van der Waals surface area contributed by atoms with Crippen LogP contribution in [0.2, 0.25) is 0 Å². The summed E-state index contributed by atoms with van der Waals surface area (Å²) in [6.45, 7) is 1.84. The maximum atomic E-state index is 13.7. The maximum absolute atomic E-state index is 13.7. The topological polar surface area (TPSA) is 130 Å². The van der Waals surface area contributed by atoms with E-state index in [0.717, 1.165) is 23.5 Å². The van der Waals surface area contributed by atoms with Crippen LogP contribution >= 0.6 is 11.3 Å². The fourth-order valence-corrected chi connectivity index (χ4v) is 4.61. The summed E-state index contributed by atoms with van der Waals surface area (Å²) < 4.78 is 33.3. The van der Waals surface area contributed by atoms with E-state index in [0.29, 0.717) is 16.1 Å². The van der Waals surface area contributed by atoms with Crippen LogP contribution in [0.5, 0.6) is 0 Å². The lowest BCUT2D eigenvalue weighted by Gasteiger charge is -2.42. The van der Waals surface area contributed by atoms with E-state index in [2.05, 4.69) is 15.6 Å². The van der Waals surface area contributed by atoms with E-state index in [1.54, 1.807) is 24.9 Å². The van der Waals surface area contributed by atoms with Crippen molar-refractivity contribution in [3.63, 3.8) is 0 Å². The molecule has 0 saturated heterocycles. The van der Waals surface area contributed by atoms with Gasteiger partial charge in [0.25, 0.3) is 5.91 Å². The van der Waals surface area contributed by atoms with Gasteiger partial charge in [-0.15, -0.1) is 0 Å². The van der Waals surface area contributed by atoms with Gasteiger partial charge in [0.15, 0.2) is 22.9 Å². The van der Waals surface area contributed by atoms with E-state index >= 15 is 0 Å². The van der Waals surface area contributed by atoms with Gasteiger partial charge < -0.3 is 31.1 Å². The number of hydrogen-bond acceptors (Lipinski definition) is 8. The van der Waals surface area contributed by atoms with Crippen LogP contribution in [0.3, 0.4) is 0 Å². The number of halogens is 2. The monoisotopic (exact) mass is 463 g/mol. The molecule has 5 N–H and O–H groups in total. The lowest BCUT2D eigenvalue weighted by molar-refractivity contribution is -0.132. The number of benzene rings is 2. The minimum absolute atomic E-state index is 0.0402. The van der Waals surface area contributed by atoms with Crippen LogP contribution in [-0.4, -0.2) is 47.5 Å². The molecule has 0 aliphatic carbocycles. The number of carbonyl (C=O) groups excluding carboxylic acids is 1. The van der Waals surface area contributed by atoms with E-state index < -0.39 is 35.4 Å². The highest BCUT2D eigenvalue weighted by atomic mass is 32.1. The Morgan fingerprint density at radius 3 is 2.72 bits per heavy atom. The van der Waals surface area contributed by atoms with E-state index in [1.807, 2.05) is 0 Å². The molecule has 1 aliphatic rings. The number of aromatic carboxylic acids is 1. The van der Waals surface area contributed by atoms with Crippen LogP contribution in [-0.2, 0) is 9.53 Å². The van der Waals surface area contributed by atoms with Gasteiger partial charge in [-0.05, 0) is 31.2 Å². The summed E-state index contributed by atoms with van der Waals surface area (Å²) in [6.07, 6.45) is -1.25. The number of anilines is 3. The molecule has 0 radical (unpaired) electrons. The Morgan fingerprint density at radius 2 is 2.06 bits per heavy atom. The Labute approximate surface area is 184 Å². The van der Waals surface area contributed by atoms with Crippen LogP contribution in [0.25, 0.3) is 10.2 Å². The zero-order valence-corrected chi connectivity index (χ0v) is 17.8. The first kappa shape index (κ1) is 21.7. The molecular weight excluding hydrogens is 444 g/mol. The third kappa shape index (κ3) is 3.46. The summed E-state index contributed by atoms with van der Waals surface area (Å²) in [5.74, 6) is -5.43. The number of nitrogens with one attached hydrogen (secondary N) is 2. The molecule has 2 heterocycles. The van der Waals surface area contributed by atoms with E-state index in [4.69, 9.17) is 10.5 Å². The number of rotatable bonds is 7. The predicted octanol–water partition coefficient (Wildman–Crippen LogP) is 2.79. The number of likely N-dealkylation sites (N-methyl/N-ethyl adjacent to an activating group) is 1. The summed E-state index contributed by atoms with van der Waals surface area (Å²) in [5, 5.41) is 15.8. The number of ether oxygens (including phenoxy) is 1. The van der Waals surface area contributed by atoms with Crippen molar-refractivity contribution >= 4 is 49.9 Å². The molecule has 0 fully saturated rings. The largest absolute Gasteiger partial charge is 0.478 e. The fourth-order valence-electron chi connectivity index (χ4n) is 3.68. The summed E-state index contributed by atoms with van der Waals surface area (Å²) in [6, 6.07) is 6.45. The number of nitrogens with two attached hydrogens (primary N) is 1. The first-order chi connectivity index (χ1) is 15.2. The first-order valence-corrected chi connectivity index (χ1v) is 10.3. The zero-order chi connectivity index (χ0) is 23.2. The smallest absolute Gasteiger partial charge is 0.335 e. The van der Waals surface area contributed by atoms with E-state index in [-0.39, 0.29) is 22.8 Å². The minimum Gasteiger partial charge on any atom is -0.478 e. The molecule has 1 aliphatic heterocycles. The third-order valence-corrected chi connectivity index (χ3v) is 6.09. The number of aromatic nitrogens is 1. The number of amides is 1. The second-order valence-electron chi connectivity index (χ2n) is 7.10. The average molecular weight is 463 g/mol. The van der Waals surface area contributed by atoms with Crippen LogP contribution < -0.4 is 21.3 Å². The number of carbonyl (C=O) groups is 2.